The first-order valence-corrected chi connectivity index (χ1v) is 5.46. The van der Waals surface area contributed by atoms with Crippen LogP contribution in [0.2, 0.25) is 0 Å². The minimum Gasteiger partial charge on any atom is -0.394 e. The maximum absolute atomic E-state index is 13.6. The molecule has 19 heavy (non-hydrogen) atoms. The monoisotopic (exact) mass is 283 g/mol. The number of ether oxygens (including phenoxy) is 1. The van der Waals surface area contributed by atoms with Gasteiger partial charge in [0.05, 0.1) is 19.3 Å². The Hall–Kier alpha value is -1.41. The summed E-state index contributed by atoms with van der Waals surface area (Å²) >= 11 is 0. The van der Waals surface area contributed by atoms with E-state index in [0.717, 1.165) is 4.90 Å². The van der Waals surface area contributed by atoms with Crippen LogP contribution < -0.4 is 4.90 Å². The second kappa shape index (κ2) is 5.30. The molecule has 0 radical (unpaired) electrons. The van der Waals surface area contributed by atoms with Gasteiger partial charge in [-0.3, -0.25) is 0 Å². The number of nitrogens with zero attached hydrogens (tertiary/aromatic N) is 1. The van der Waals surface area contributed by atoms with Crippen molar-refractivity contribution in [2.24, 2.45) is 0 Å². The Bertz CT molecular complexity index is 467. The Kier molecular flexibility index (Phi) is 3.91. The van der Waals surface area contributed by atoms with Crippen molar-refractivity contribution >= 4 is 5.69 Å². The maximum atomic E-state index is 13.6. The summed E-state index contributed by atoms with van der Waals surface area (Å²) in [6, 6.07) is 0. The van der Waals surface area contributed by atoms with Crippen LogP contribution in [-0.2, 0) is 4.74 Å². The van der Waals surface area contributed by atoms with E-state index in [4.69, 9.17) is 9.84 Å². The molecule has 0 aliphatic carbocycles. The number of halogens is 5. The number of benzene rings is 1. The number of morpholine rings is 1. The summed E-state index contributed by atoms with van der Waals surface area (Å²) in [4.78, 5) is 0.973. The van der Waals surface area contributed by atoms with E-state index in [-0.39, 0.29) is 19.7 Å². The summed E-state index contributed by atoms with van der Waals surface area (Å²) in [5, 5.41) is 8.90. The van der Waals surface area contributed by atoms with Gasteiger partial charge in [0, 0.05) is 13.1 Å². The van der Waals surface area contributed by atoms with Crippen molar-refractivity contribution in [3.05, 3.63) is 29.1 Å². The Morgan fingerprint density at radius 2 is 1.53 bits per heavy atom. The van der Waals surface area contributed by atoms with Crippen LogP contribution in [0, 0.1) is 29.1 Å². The van der Waals surface area contributed by atoms with Crippen molar-refractivity contribution in [1.29, 1.82) is 0 Å². The normalized spacial score (nSPS) is 19.9. The van der Waals surface area contributed by atoms with Gasteiger partial charge in [0.2, 0.25) is 5.82 Å². The van der Waals surface area contributed by atoms with E-state index in [2.05, 4.69) is 0 Å². The molecule has 1 aromatic carbocycles. The number of anilines is 1. The number of rotatable bonds is 2. The van der Waals surface area contributed by atoms with E-state index in [1.165, 1.54) is 0 Å². The van der Waals surface area contributed by atoms with Crippen LogP contribution in [0.5, 0.6) is 0 Å². The topological polar surface area (TPSA) is 32.7 Å². The maximum Gasteiger partial charge on any atom is 0.200 e. The molecule has 1 atom stereocenters. The fraction of sp³-hybridized carbons (Fsp3) is 0.455. The predicted octanol–water partition coefficient (Wildman–Crippen LogP) is 1.58. The van der Waals surface area contributed by atoms with Crippen LogP contribution in [0.15, 0.2) is 0 Å². The van der Waals surface area contributed by atoms with Crippen LogP contribution in [0.1, 0.15) is 0 Å². The molecule has 1 unspecified atom stereocenters. The van der Waals surface area contributed by atoms with Crippen LogP contribution in [-0.4, -0.2) is 37.5 Å². The summed E-state index contributed by atoms with van der Waals surface area (Å²) in [7, 11) is 0. The van der Waals surface area contributed by atoms with E-state index < -0.39 is 47.5 Å². The van der Waals surface area contributed by atoms with Crippen LogP contribution in [0.25, 0.3) is 0 Å². The number of aliphatic hydroxyl groups is 1. The third-order valence-electron chi connectivity index (χ3n) is 2.85. The van der Waals surface area contributed by atoms with Crippen LogP contribution >= 0.6 is 0 Å². The third-order valence-corrected chi connectivity index (χ3v) is 2.85. The molecule has 1 aliphatic heterocycles. The molecule has 1 fully saturated rings. The standard InChI is InChI=1S/C11H10F5NO2/c12-6-7(13)9(15)11(10(16)8(6)14)17-1-2-19-5(3-17)4-18/h5,18H,1-4H2. The lowest BCUT2D eigenvalue weighted by Crippen LogP contribution is -2.45. The lowest BCUT2D eigenvalue weighted by atomic mass is 10.2. The average Bonchev–Trinajstić information content (AvgIpc) is 2.43. The molecular formula is C11H10F5NO2. The molecule has 1 heterocycles. The number of hydrogen-bond donors (Lipinski definition) is 1. The zero-order chi connectivity index (χ0) is 14.2. The molecule has 1 saturated heterocycles. The van der Waals surface area contributed by atoms with Crippen molar-refractivity contribution in [3.63, 3.8) is 0 Å². The first kappa shape index (κ1) is 14.0. The fourth-order valence-electron chi connectivity index (χ4n) is 1.90. The highest BCUT2D eigenvalue weighted by atomic mass is 19.2. The SMILES string of the molecule is OCC1CN(c2c(F)c(F)c(F)c(F)c2F)CCO1. The number of hydrogen-bond acceptors (Lipinski definition) is 3. The van der Waals surface area contributed by atoms with Crippen molar-refractivity contribution < 1.29 is 31.8 Å². The summed E-state index contributed by atoms with van der Waals surface area (Å²) < 4.78 is 71.2. The summed E-state index contributed by atoms with van der Waals surface area (Å²) in [5.41, 5.74) is -0.988. The first-order chi connectivity index (χ1) is 8.97. The van der Waals surface area contributed by atoms with Crippen molar-refractivity contribution in [2.75, 3.05) is 31.2 Å². The molecule has 2 rings (SSSR count). The van der Waals surface area contributed by atoms with Gasteiger partial charge >= 0.3 is 0 Å². The average molecular weight is 283 g/mol. The lowest BCUT2D eigenvalue weighted by molar-refractivity contribution is 0.00315. The molecule has 3 nitrogen and oxygen atoms in total. The highest BCUT2D eigenvalue weighted by Crippen LogP contribution is 2.31. The molecule has 0 saturated carbocycles. The zero-order valence-electron chi connectivity index (χ0n) is 9.60. The van der Waals surface area contributed by atoms with Gasteiger partial charge in [-0.1, -0.05) is 0 Å². The van der Waals surface area contributed by atoms with E-state index in [1.54, 1.807) is 0 Å². The molecule has 1 aromatic rings. The second-order valence-electron chi connectivity index (χ2n) is 4.04. The largest absolute Gasteiger partial charge is 0.394 e. The molecule has 0 spiro atoms. The fourth-order valence-corrected chi connectivity index (χ4v) is 1.90. The van der Waals surface area contributed by atoms with Crippen LogP contribution in [0.4, 0.5) is 27.6 Å². The first-order valence-electron chi connectivity index (χ1n) is 5.46. The Morgan fingerprint density at radius 1 is 1.00 bits per heavy atom. The number of aliphatic hydroxyl groups excluding tert-OH is 1. The van der Waals surface area contributed by atoms with Crippen molar-refractivity contribution in [2.45, 2.75) is 6.10 Å². The molecule has 8 heteroatoms. The second-order valence-corrected chi connectivity index (χ2v) is 4.04. The molecule has 0 bridgehead atoms. The van der Waals surface area contributed by atoms with E-state index in [9.17, 15) is 22.0 Å². The molecular weight excluding hydrogens is 273 g/mol. The van der Waals surface area contributed by atoms with Gasteiger partial charge in [-0.15, -0.1) is 0 Å². The van der Waals surface area contributed by atoms with Gasteiger partial charge in [-0.05, 0) is 0 Å². The summed E-state index contributed by atoms with van der Waals surface area (Å²) in [6.45, 7) is -0.583. The summed E-state index contributed by atoms with van der Waals surface area (Å²) in [5.74, 6) is -9.92. The zero-order valence-corrected chi connectivity index (χ0v) is 9.60. The van der Waals surface area contributed by atoms with Crippen molar-refractivity contribution in [1.82, 2.24) is 0 Å². The van der Waals surface area contributed by atoms with E-state index in [1.807, 2.05) is 0 Å². The minimum absolute atomic E-state index is 0.0186. The minimum atomic E-state index is -2.19. The molecule has 1 aliphatic rings. The Labute approximate surface area is 105 Å². The molecule has 1 N–H and O–H groups in total. The Morgan fingerprint density at radius 3 is 2.05 bits per heavy atom. The van der Waals surface area contributed by atoms with Gasteiger partial charge in [-0.25, -0.2) is 22.0 Å². The predicted molar refractivity (Wildman–Crippen MR) is 55.3 cm³/mol. The molecule has 0 amide bonds. The highest BCUT2D eigenvalue weighted by molar-refractivity contribution is 5.51. The van der Waals surface area contributed by atoms with Crippen LogP contribution in [0.3, 0.4) is 0 Å². The quantitative estimate of drug-likeness (QED) is 0.508. The Balaban J connectivity index is 2.44. The highest BCUT2D eigenvalue weighted by Gasteiger charge is 2.31. The lowest BCUT2D eigenvalue weighted by Gasteiger charge is -2.34. The van der Waals surface area contributed by atoms with Crippen molar-refractivity contribution in [3.8, 4) is 0 Å². The van der Waals surface area contributed by atoms with Gasteiger partial charge < -0.3 is 14.7 Å². The molecule has 0 aromatic heterocycles. The van der Waals surface area contributed by atoms with E-state index >= 15 is 0 Å². The van der Waals surface area contributed by atoms with Gasteiger partial charge in [-0.2, -0.15) is 0 Å². The van der Waals surface area contributed by atoms with E-state index in [0.29, 0.717) is 0 Å². The van der Waals surface area contributed by atoms with Gasteiger partial charge in [0.15, 0.2) is 23.3 Å². The smallest absolute Gasteiger partial charge is 0.200 e. The summed E-state index contributed by atoms with van der Waals surface area (Å²) in [6.07, 6.45) is -0.733. The van der Waals surface area contributed by atoms with Gasteiger partial charge in [0.1, 0.15) is 5.69 Å². The third kappa shape index (κ3) is 2.37. The van der Waals surface area contributed by atoms with Gasteiger partial charge in [0.25, 0.3) is 0 Å². The molecule has 106 valence electrons.